The van der Waals surface area contributed by atoms with Gasteiger partial charge in [-0.3, -0.25) is 9.78 Å². The lowest BCUT2D eigenvalue weighted by Gasteiger charge is -2.16. The molecule has 0 aliphatic carbocycles. The van der Waals surface area contributed by atoms with Crippen molar-refractivity contribution in [1.82, 2.24) is 4.98 Å². The third-order valence-corrected chi connectivity index (χ3v) is 1.86. The maximum absolute atomic E-state index is 10.4. The molecular formula is C11H15NO3. The highest BCUT2D eigenvalue weighted by Gasteiger charge is 2.12. The number of ether oxygens (including phenoxy) is 1. The van der Waals surface area contributed by atoms with Crippen molar-refractivity contribution in [3.63, 3.8) is 0 Å². The Kier molecular flexibility index (Phi) is 3.80. The van der Waals surface area contributed by atoms with Crippen LogP contribution in [0.25, 0.3) is 0 Å². The summed E-state index contributed by atoms with van der Waals surface area (Å²) in [6.07, 6.45) is 2.72. The van der Waals surface area contributed by atoms with E-state index in [2.05, 4.69) is 4.98 Å². The number of hydrogen-bond acceptors (Lipinski definition) is 4. The second-order valence-corrected chi connectivity index (χ2v) is 3.95. The minimum absolute atomic E-state index is 0.343. The Bertz CT molecular complexity index is 331. The van der Waals surface area contributed by atoms with Crippen molar-refractivity contribution >= 4 is 6.29 Å². The van der Waals surface area contributed by atoms with Crippen molar-refractivity contribution in [2.45, 2.75) is 25.9 Å². The Morgan fingerprint density at radius 2 is 2.33 bits per heavy atom. The van der Waals surface area contributed by atoms with Gasteiger partial charge in [-0.05, 0) is 19.9 Å². The van der Waals surface area contributed by atoms with Gasteiger partial charge in [0.25, 0.3) is 0 Å². The largest absolute Gasteiger partial charge is 0.493 e. The summed E-state index contributed by atoms with van der Waals surface area (Å²) in [7, 11) is 0. The van der Waals surface area contributed by atoms with E-state index in [9.17, 15) is 9.90 Å². The number of aldehydes is 1. The minimum atomic E-state index is -0.736. The fraction of sp³-hybridized carbons (Fsp3) is 0.455. The number of carbonyl (C=O) groups excluding carboxylic acids is 1. The highest BCUT2D eigenvalue weighted by molar-refractivity contribution is 5.72. The molecule has 0 aliphatic rings. The zero-order valence-corrected chi connectivity index (χ0v) is 8.93. The van der Waals surface area contributed by atoms with E-state index in [-0.39, 0.29) is 0 Å². The molecule has 0 bridgehead atoms. The molecule has 0 saturated carbocycles. The molecule has 4 heteroatoms. The van der Waals surface area contributed by atoms with E-state index in [4.69, 9.17) is 4.74 Å². The van der Waals surface area contributed by atoms with E-state index in [0.29, 0.717) is 30.8 Å². The molecule has 0 amide bonds. The predicted molar refractivity (Wildman–Crippen MR) is 56.0 cm³/mol. The lowest BCUT2D eigenvalue weighted by Crippen LogP contribution is -2.21. The van der Waals surface area contributed by atoms with Gasteiger partial charge in [-0.1, -0.05) is 0 Å². The van der Waals surface area contributed by atoms with Crippen LogP contribution >= 0.6 is 0 Å². The number of carbonyl (C=O) groups is 1. The van der Waals surface area contributed by atoms with Crippen LogP contribution in [0.15, 0.2) is 18.3 Å². The Hall–Kier alpha value is -1.42. The molecule has 0 atom stereocenters. The molecule has 15 heavy (non-hydrogen) atoms. The van der Waals surface area contributed by atoms with Gasteiger partial charge >= 0.3 is 0 Å². The van der Waals surface area contributed by atoms with Gasteiger partial charge in [0.05, 0.1) is 12.2 Å². The Balaban J connectivity index is 2.47. The molecule has 1 aromatic rings. The van der Waals surface area contributed by atoms with E-state index < -0.39 is 5.60 Å². The van der Waals surface area contributed by atoms with Crippen LogP contribution in [-0.4, -0.2) is 28.6 Å². The van der Waals surface area contributed by atoms with Crippen LogP contribution in [0.5, 0.6) is 5.75 Å². The standard InChI is InChI=1S/C11H15NO3/c1-11(2,14)4-6-15-10-3-5-12-9(7-10)8-13/h3,5,7-8,14H,4,6H2,1-2H3. The Morgan fingerprint density at radius 3 is 2.93 bits per heavy atom. The molecule has 0 saturated heterocycles. The smallest absolute Gasteiger partial charge is 0.168 e. The molecule has 1 aromatic heterocycles. The van der Waals surface area contributed by atoms with Crippen LogP contribution in [-0.2, 0) is 0 Å². The summed E-state index contributed by atoms with van der Waals surface area (Å²) in [6.45, 7) is 3.85. The number of hydrogen-bond donors (Lipinski definition) is 1. The predicted octanol–water partition coefficient (Wildman–Crippen LogP) is 1.43. The second kappa shape index (κ2) is 4.89. The summed E-state index contributed by atoms with van der Waals surface area (Å²) in [5, 5.41) is 9.45. The lowest BCUT2D eigenvalue weighted by atomic mass is 10.1. The molecule has 0 unspecified atom stereocenters. The fourth-order valence-corrected chi connectivity index (χ4v) is 1.00. The summed E-state index contributed by atoms with van der Waals surface area (Å²) >= 11 is 0. The monoisotopic (exact) mass is 209 g/mol. The van der Waals surface area contributed by atoms with Crippen molar-refractivity contribution in [1.29, 1.82) is 0 Å². The molecule has 0 fully saturated rings. The molecule has 0 aromatic carbocycles. The number of aromatic nitrogens is 1. The van der Waals surface area contributed by atoms with Gasteiger partial charge in [0.2, 0.25) is 0 Å². The molecule has 0 radical (unpaired) electrons. The molecular weight excluding hydrogens is 194 g/mol. The summed E-state index contributed by atoms with van der Waals surface area (Å²) in [6, 6.07) is 3.24. The highest BCUT2D eigenvalue weighted by Crippen LogP contribution is 2.12. The van der Waals surface area contributed by atoms with Gasteiger partial charge in [0.1, 0.15) is 11.4 Å². The SMILES string of the molecule is CC(C)(O)CCOc1ccnc(C=O)c1. The number of rotatable bonds is 5. The van der Waals surface area contributed by atoms with Gasteiger partial charge in [-0.15, -0.1) is 0 Å². The maximum atomic E-state index is 10.4. The van der Waals surface area contributed by atoms with E-state index in [1.165, 1.54) is 6.20 Å². The molecule has 0 aliphatic heterocycles. The second-order valence-electron chi connectivity index (χ2n) is 3.95. The quantitative estimate of drug-likeness (QED) is 0.745. The topological polar surface area (TPSA) is 59.4 Å². The van der Waals surface area contributed by atoms with E-state index in [0.717, 1.165) is 0 Å². The summed E-state index contributed by atoms with van der Waals surface area (Å²) < 4.78 is 5.37. The first kappa shape index (κ1) is 11.7. The number of pyridine rings is 1. The van der Waals surface area contributed by atoms with Gasteiger partial charge in [0.15, 0.2) is 6.29 Å². The van der Waals surface area contributed by atoms with E-state index >= 15 is 0 Å². The number of nitrogens with zero attached hydrogens (tertiary/aromatic N) is 1. The van der Waals surface area contributed by atoms with Crippen LogP contribution in [0, 0.1) is 0 Å². The van der Waals surface area contributed by atoms with Crippen LogP contribution in [0.4, 0.5) is 0 Å². The molecule has 1 N–H and O–H groups in total. The van der Waals surface area contributed by atoms with Gasteiger partial charge < -0.3 is 9.84 Å². The van der Waals surface area contributed by atoms with E-state index in [1.807, 2.05) is 0 Å². The van der Waals surface area contributed by atoms with Crippen LogP contribution in [0.3, 0.4) is 0 Å². The molecule has 4 nitrogen and oxygen atoms in total. The Labute approximate surface area is 88.9 Å². The van der Waals surface area contributed by atoms with Crippen molar-refractivity contribution in [2.75, 3.05) is 6.61 Å². The van der Waals surface area contributed by atoms with Gasteiger partial charge in [0, 0.05) is 18.7 Å². The minimum Gasteiger partial charge on any atom is -0.493 e. The highest BCUT2D eigenvalue weighted by atomic mass is 16.5. The van der Waals surface area contributed by atoms with Crippen LogP contribution in [0.2, 0.25) is 0 Å². The maximum Gasteiger partial charge on any atom is 0.168 e. The first-order valence-corrected chi connectivity index (χ1v) is 4.78. The summed E-state index contributed by atoms with van der Waals surface area (Å²) in [5.41, 5.74) is -0.392. The summed E-state index contributed by atoms with van der Waals surface area (Å²) in [5.74, 6) is 0.594. The first-order valence-electron chi connectivity index (χ1n) is 4.78. The Morgan fingerprint density at radius 1 is 1.60 bits per heavy atom. The van der Waals surface area contributed by atoms with Crippen molar-refractivity contribution in [2.24, 2.45) is 0 Å². The lowest BCUT2D eigenvalue weighted by molar-refractivity contribution is 0.0553. The van der Waals surface area contributed by atoms with Crippen LogP contribution in [0.1, 0.15) is 30.8 Å². The fourth-order valence-electron chi connectivity index (χ4n) is 1.00. The molecule has 82 valence electrons. The van der Waals surface area contributed by atoms with Gasteiger partial charge in [-0.25, -0.2) is 0 Å². The molecule has 0 spiro atoms. The molecule has 1 rings (SSSR count). The number of aliphatic hydroxyl groups is 1. The van der Waals surface area contributed by atoms with Gasteiger partial charge in [-0.2, -0.15) is 0 Å². The average Bonchev–Trinajstić information content (AvgIpc) is 2.16. The van der Waals surface area contributed by atoms with E-state index in [1.54, 1.807) is 26.0 Å². The zero-order chi connectivity index (χ0) is 11.3. The van der Waals surface area contributed by atoms with Crippen LogP contribution < -0.4 is 4.74 Å². The summed E-state index contributed by atoms with van der Waals surface area (Å²) in [4.78, 5) is 14.3. The third-order valence-electron chi connectivity index (χ3n) is 1.86. The van der Waals surface area contributed by atoms with Crippen molar-refractivity contribution < 1.29 is 14.6 Å². The third kappa shape index (κ3) is 4.56. The first-order chi connectivity index (χ1) is 7.01. The average molecular weight is 209 g/mol. The van der Waals surface area contributed by atoms with Crippen molar-refractivity contribution in [3.05, 3.63) is 24.0 Å². The van der Waals surface area contributed by atoms with Crippen molar-refractivity contribution in [3.8, 4) is 5.75 Å². The normalized spacial score (nSPS) is 11.1. The molecule has 1 heterocycles. The zero-order valence-electron chi connectivity index (χ0n) is 8.93.